The van der Waals surface area contributed by atoms with Crippen molar-refractivity contribution in [3.8, 4) is 5.75 Å². The van der Waals surface area contributed by atoms with E-state index in [1.165, 1.54) is 18.9 Å². The van der Waals surface area contributed by atoms with Crippen LogP contribution in [-0.2, 0) is 9.53 Å². The van der Waals surface area contributed by atoms with Crippen LogP contribution >= 0.6 is 0 Å². The molecule has 0 aliphatic heterocycles. The molecule has 3 heteroatoms. The monoisotopic (exact) mass is 262 g/mol. The zero-order chi connectivity index (χ0) is 13.7. The second-order valence-electron chi connectivity index (χ2n) is 5.04. The summed E-state index contributed by atoms with van der Waals surface area (Å²) in [6, 6.07) is 8.17. The van der Waals surface area contributed by atoms with Crippen LogP contribution in [0.5, 0.6) is 5.75 Å². The average molecular weight is 262 g/mol. The van der Waals surface area contributed by atoms with E-state index in [4.69, 9.17) is 9.47 Å². The van der Waals surface area contributed by atoms with E-state index < -0.39 is 0 Å². The first kappa shape index (κ1) is 13.9. The van der Waals surface area contributed by atoms with Gasteiger partial charge in [-0.15, -0.1) is 0 Å². The Morgan fingerprint density at radius 1 is 1.32 bits per heavy atom. The summed E-state index contributed by atoms with van der Waals surface area (Å²) < 4.78 is 11.0. The SMILES string of the molecule is CCOc1cccc(C2CCCCC2OC(C)=O)c1. The smallest absolute Gasteiger partial charge is 0.302 e. The number of carbonyl (C=O) groups excluding carboxylic acids is 1. The normalized spacial score (nSPS) is 22.8. The second-order valence-corrected chi connectivity index (χ2v) is 5.04. The van der Waals surface area contributed by atoms with Gasteiger partial charge < -0.3 is 9.47 Å². The van der Waals surface area contributed by atoms with E-state index in [1.807, 2.05) is 19.1 Å². The minimum Gasteiger partial charge on any atom is -0.494 e. The fraction of sp³-hybridized carbons (Fsp3) is 0.562. The highest BCUT2D eigenvalue weighted by atomic mass is 16.5. The summed E-state index contributed by atoms with van der Waals surface area (Å²) in [5.41, 5.74) is 1.22. The third-order valence-corrected chi connectivity index (χ3v) is 3.62. The van der Waals surface area contributed by atoms with Gasteiger partial charge in [0.15, 0.2) is 0 Å². The molecule has 0 aromatic heterocycles. The van der Waals surface area contributed by atoms with Gasteiger partial charge in [0.25, 0.3) is 0 Å². The first-order chi connectivity index (χ1) is 9.20. The maximum atomic E-state index is 11.2. The van der Waals surface area contributed by atoms with Crippen LogP contribution in [0.1, 0.15) is 51.0 Å². The highest BCUT2D eigenvalue weighted by Gasteiger charge is 2.29. The Kier molecular flexibility index (Phi) is 4.83. The van der Waals surface area contributed by atoms with Crippen LogP contribution in [0.2, 0.25) is 0 Å². The lowest BCUT2D eigenvalue weighted by molar-refractivity contribution is -0.148. The Hall–Kier alpha value is -1.51. The van der Waals surface area contributed by atoms with Gasteiger partial charge in [0.1, 0.15) is 11.9 Å². The summed E-state index contributed by atoms with van der Waals surface area (Å²) in [5, 5.41) is 0. The molecule has 104 valence electrons. The van der Waals surface area contributed by atoms with Crippen LogP contribution in [0.25, 0.3) is 0 Å². The van der Waals surface area contributed by atoms with E-state index in [1.54, 1.807) is 0 Å². The largest absolute Gasteiger partial charge is 0.494 e. The van der Waals surface area contributed by atoms with E-state index >= 15 is 0 Å². The van der Waals surface area contributed by atoms with Crippen molar-refractivity contribution in [3.63, 3.8) is 0 Å². The van der Waals surface area contributed by atoms with Gasteiger partial charge in [0, 0.05) is 12.8 Å². The van der Waals surface area contributed by atoms with Gasteiger partial charge in [-0.05, 0) is 43.9 Å². The maximum Gasteiger partial charge on any atom is 0.302 e. The quantitative estimate of drug-likeness (QED) is 0.777. The van der Waals surface area contributed by atoms with E-state index in [-0.39, 0.29) is 12.1 Å². The minimum absolute atomic E-state index is 0.0168. The van der Waals surface area contributed by atoms with Crippen LogP contribution in [0.3, 0.4) is 0 Å². The molecular weight excluding hydrogens is 240 g/mol. The lowest BCUT2D eigenvalue weighted by Crippen LogP contribution is -2.27. The molecule has 1 aromatic carbocycles. The molecule has 0 N–H and O–H groups in total. The first-order valence-corrected chi connectivity index (χ1v) is 7.10. The Morgan fingerprint density at radius 2 is 2.11 bits per heavy atom. The molecule has 1 aliphatic rings. The summed E-state index contributed by atoms with van der Waals surface area (Å²) in [6.45, 7) is 4.14. The molecule has 2 unspecified atom stereocenters. The molecule has 2 atom stereocenters. The van der Waals surface area contributed by atoms with Crippen LogP contribution in [0, 0.1) is 0 Å². The fourth-order valence-electron chi connectivity index (χ4n) is 2.83. The average Bonchev–Trinajstić information content (AvgIpc) is 2.39. The maximum absolute atomic E-state index is 11.2. The molecule has 1 saturated carbocycles. The molecule has 0 radical (unpaired) electrons. The summed E-state index contributed by atoms with van der Waals surface area (Å²) in [4.78, 5) is 11.2. The predicted molar refractivity (Wildman–Crippen MR) is 74.4 cm³/mol. The highest BCUT2D eigenvalue weighted by molar-refractivity contribution is 5.66. The molecule has 1 aromatic rings. The van der Waals surface area contributed by atoms with Crippen molar-refractivity contribution < 1.29 is 14.3 Å². The molecule has 1 fully saturated rings. The third kappa shape index (κ3) is 3.72. The van der Waals surface area contributed by atoms with Crippen molar-refractivity contribution in [1.82, 2.24) is 0 Å². The van der Waals surface area contributed by atoms with Crippen LogP contribution < -0.4 is 4.74 Å². The van der Waals surface area contributed by atoms with Gasteiger partial charge in [-0.1, -0.05) is 18.6 Å². The van der Waals surface area contributed by atoms with E-state index in [0.29, 0.717) is 12.5 Å². The lowest BCUT2D eigenvalue weighted by Gasteiger charge is -2.31. The molecule has 3 nitrogen and oxygen atoms in total. The van der Waals surface area contributed by atoms with E-state index in [0.717, 1.165) is 25.0 Å². The number of ether oxygens (including phenoxy) is 2. The number of esters is 1. The molecule has 0 heterocycles. The zero-order valence-corrected chi connectivity index (χ0v) is 11.7. The van der Waals surface area contributed by atoms with Gasteiger partial charge in [0.2, 0.25) is 0 Å². The zero-order valence-electron chi connectivity index (χ0n) is 11.7. The molecule has 1 aliphatic carbocycles. The van der Waals surface area contributed by atoms with Crippen LogP contribution in [0.4, 0.5) is 0 Å². The summed E-state index contributed by atoms with van der Waals surface area (Å²) >= 11 is 0. The van der Waals surface area contributed by atoms with Gasteiger partial charge in [-0.25, -0.2) is 0 Å². The molecular formula is C16H22O3. The molecule has 0 amide bonds. The number of carbonyl (C=O) groups is 1. The third-order valence-electron chi connectivity index (χ3n) is 3.62. The first-order valence-electron chi connectivity index (χ1n) is 7.10. The number of benzene rings is 1. The Labute approximate surface area is 114 Å². The van der Waals surface area contributed by atoms with Crippen molar-refractivity contribution in [1.29, 1.82) is 0 Å². The number of rotatable bonds is 4. The van der Waals surface area contributed by atoms with Gasteiger partial charge >= 0.3 is 5.97 Å². The standard InChI is InChI=1S/C16H22O3/c1-3-18-14-8-6-7-13(11-14)15-9-4-5-10-16(15)19-12(2)17/h6-8,11,15-16H,3-5,9-10H2,1-2H3. The summed E-state index contributed by atoms with van der Waals surface area (Å²) in [6.07, 6.45) is 4.39. The molecule has 0 bridgehead atoms. The van der Waals surface area contributed by atoms with Crippen molar-refractivity contribution in [2.45, 2.75) is 51.6 Å². The minimum atomic E-state index is -0.183. The van der Waals surface area contributed by atoms with E-state index in [9.17, 15) is 4.79 Å². The molecule has 19 heavy (non-hydrogen) atoms. The van der Waals surface area contributed by atoms with E-state index in [2.05, 4.69) is 12.1 Å². The van der Waals surface area contributed by atoms with Crippen LogP contribution in [0.15, 0.2) is 24.3 Å². The molecule has 0 spiro atoms. The summed E-state index contributed by atoms with van der Waals surface area (Å²) in [5.74, 6) is 1.02. The van der Waals surface area contributed by atoms with Gasteiger partial charge in [-0.2, -0.15) is 0 Å². The fourth-order valence-corrected chi connectivity index (χ4v) is 2.83. The summed E-state index contributed by atoms with van der Waals surface area (Å²) in [7, 11) is 0. The van der Waals surface area contributed by atoms with Crippen molar-refractivity contribution in [2.24, 2.45) is 0 Å². The topological polar surface area (TPSA) is 35.5 Å². The predicted octanol–water partition coefficient (Wildman–Crippen LogP) is 3.67. The van der Waals surface area contributed by atoms with Gasteiger partial charge in [-0.3, -0.25) is 4.79 Å². The Balaban J connectivity index is 2.16. The Morgan fingerprint density at radius 3 is 2.84 bits per heavy atom. The molecule has 0 saturated heterocycles. The van der Waals surface area contributed by atoms with Crippen LogP contribution in [-0.4, -0.2) is 18.7 Å². The van der Waals surface area contributed by atoms with Gasteiger partial charge in [0.05, 0.1) is 6.61 Å². The number of hydrogen-bond acceptors (Lipinski definition) is 3. The highest BCUT2D eigenvalue weighted by Crippen LogP contribution is 2.36. The number of hydrogen-bond donors (Lipinski definition) is 0. The second kappa shape index (κ2) is 6.60. The molecule has 2 rings (SSSR count). The lowest BCUT2D eigenvalue weighted by atomic mass is 9.81. The van der Waals surface area contributed by atoms with Crippen molar-refractivity contribution >= 4 is 5.97 Å². The Bertz CT molecular complexity index is 428. The van der Waals surface area contributed by atoms with Crippen molar-refractivity contribution in [3.05, 3.63) is 29.8 Å². The van der Waals surface area contributed by atoms with Crippen molar-refractivity contribution in [2.75, 3.05) is 6.61 Å².